The number of esters is 1. The maximum absolute atomic E-state index is 13.6. The third kappa shape index (κ3) is 3.26. The Kier molecular flexibility index (Phi) is 5.10. The van der Waals surface area contributed by atoms with Gasteiger partial charge in [0.25, 0.3) is 0 Å². The lowest BCUT2D eigenvalue weighted by atomic mass is 10.2. The zero-order valence-corrected chi connectivity index (χ0v) is 12.8. The molecule has 22 heavy (non-hydrogen) atoms. The number of methoxy groups -OCH3 is 1. The molecule has 2 aromatic rings. The van der Waals surface area contributed by atoms with E-state index in [2.05, 4.69) is 9.46 Å². The summed E-state index contributed by atoms with van der Waals surface area (Å²) in [4.78, 5) is 10.9. The highest BCUT2D eigenvalue weighted by Crippen LogP contribution is 2.28. The van der Waals surface area contributed by atoms with E-state index in [9.17, 15) is 17.8 Å². The van der Waals surface area contributed by atoms with Gasteiger partial charge in [-0.15, -0.1) is 0 Å². The number of ether oxygens (including phenoxy) is 1. The number of hydrogen-bond acceptors (Lipinski definition) is 3. The van der Waals surface area contributed by atoms with Crippen LogP contribution in [0.1, 0.15) is 10.4 Å². The van der Waals surface area contributed by atoms with E-state index in [0.29, 0.717) is 0 Å². The lowest BCUT2D eigenvalue weighted by Gasteiger charge is -2.11. The van der Waals surface area contributed by atoms with Gasteiger partial charge >= 0.3 is 5.97 Å². The van der Waals surface area contributed by atoms with Crippen molar-refractivity contribution in [2.24, 2.45) is 0 Å². The molecule has 0 heterocycles. The van der Waals surface area contributed by atoms with Crippen molar-refractivity contribution in [2.45, 2.75) is 4.90 Å². The summed E-state index contributed by atoms with van der Waals surface area (Å²) in [5, 5.41) is -0.0561. The molecule has 0 aliphatic rings. The summed E-state index contributed by atoms with van der Waals surface area (Å²) < 4.78 is 46.2. The van der Waals surface area contributed by atoms with Crippen molar-refractivity contribution in [3.63, 3.8) is 0 Å². The first-order chi connectivity index (χ1) is 10.5. The quantitative estimate of drug-likeness (QED) is 0.862. The molecule has 0 amide bonds. The van der Waals surface area contributed by atoms with Crippen molar-refractivity contribution in [2.75, 3.05) is 11.8 Å². The summed E-state index contributed by atoms with van der Waals surface area (Å²) in [6.45, 7) is 0. The van der Waals surface area contributed by atoms with Crippen LogP contribution in [0.15, 0.2) is 41.3 Å². The Labute approximate surface area is 132 Å². The molecule has 0 bridgehead atoms. The fraction of sp³-hybridized carbons (Fsp3) is 0.0714. The van der Waals surface area contributed by atoms with Crippen LogP contribution >= 0.6 is 11.6 Å². The predicted octanol–water partition coefficient (Wildman–Crippen LogP) is 3.54. The fourth-order valence-corrected chi connectivity index (χ4v) is 2.96. The number of hydrogen-bond donors (Lipinski definition) is 1. The van der Waals surface area contributed by atoms with E-state index in [1.54, 1.807) is 0 Å². The number of carbonyl (C=O) groups excluding carboxylic acids is 1. The van der Waals surface area contributed by atoms with Gasteiger partial charge in [-0.05, 0) is 24.3 Å². The van der Waals surface area contributed by atoms with Crippen LogP contribution in [0.5, 0.6) is 0 Å². The van der Waals surface area contributed by atoms with Gasteiger partial charge in [0, 0.05) is 0 Å². The van der Waals surface area contributed by atoms with Crippen molar-refractivity contribution in [3.8, 4) is 0 Å². The lowest BCUT2D eigenvalue weighted by molar-refractivity contribution is 0.0601. The van der Waals surface area contributed by atoms with Gasteiger partial charge in [0.1, 0.15) is 16.5 Å². The Morgan fingerprint density at radius 2 is 1.77 bits per heavy atom. The molecule has 2 rings (SSSR count). The second kappa shape index (κ2) is 6.85. The SMILES string of the molecule is COC(=O)c1cccc(NS(=O)c2c(F)cccc2F)c1Cl. The van der Waals surface area contributed by atoms with E-state index in [4.69, 9.17) is 11.6 Å². The highest BCUT2D eigenvalue weighted by molar-refractivity contribution is 7.86. The van der Waals surface area contributed by atoms with E-state index in [1.165, 1.54) is 25.3 Å². The molecule has 2 aromatic carbocycles. The molecule has 1 N–H and O–H groups in total. The van der Waals surface area contributed by atoms with Crippen LogP contribution in [-0.4, -0.2) is 17.3 Å². The molecule has 0 fully saturated rings. The Morgan fingerprint density at radius 1 is 1.18 bits per heavy atom. The summed E-state index contributed by atoms with van der Waals surface area (Å²) in [6, 6.07) is 7.44. The first-order valence-corrected chi connectivity index (χ1v) is 7.47. The second-order valence-electron chi connectivity index (χ2n) is 4.08. The monoisotopic (exact) mass is 345 g/mol. The fourth-order valence-electron chi connectivity index (χ4n) is 1.69. The zero-order valence-electron chi connectivity index (χ0n) is 11.2. The zero-order chi connectivity index (χ0) is 16.3. The molecule has 1 unspecified atom stereocenters. The highest BCUT2D eigenvalue weighted by Gasteiger charge is 2.19. The van der Waals surface area contributed by atoms with Gasteiger partial charge in [-0.1, -0.05) is 23.7 Å². The average molecular weight is 346 g/mol. The maximum atomic E-state index is 13.6. The molecule has 0 radical (unpaired) electrons. The van der Waals surface area contributed by atoms with Gasteiger partial charge in [0.2, 0.25) is 0 Å². The molecule has 0 saturated carbocycles. The number of halogens is 3. The Balaban J connectivity index is 2.35. The van der Waals surface area contributed by atoms with Crippen LogP contribution in [0.3, 0.4) is 0 Å². The number of benzene rings is 2. The molecule has 8 heteroatoms. The van der Waals surface area contributed by atoms with Gasteiger partial charge in [0.15, 0.2) is 11.0 Å². The van der Waals surface area contributed by atoms with E-state index < -0.39 is 33.5 Å². The average Bonchev–Trinajstić information content (AvgIpc) is 2.48. The maximum Gasteiger partial charge on any atom is 0.339 e. The van der Waals surface area contributed by atoms with Crippen molar-refractivity contribution in [1.82, 2.24) is 0 Å². The topological polar surface area (TPSA) is 55.4 Å². The molecule has 0 aliphatic carbocycles. The van der Waals surface area contributed by atoms with Crippen LogP contribution in [0.25, 0.3) is 0 Å². The summed E-state index contributed by atoms with van der Waals surface area (Å²) in [5.41, 5.74) is 0.130. The van der Waals surface area contributed by atoms with E-state index in [-0.39, 0.29) is 16.3 Å². The summed E-state index contributed by atoms with van der Waals surface area (Å²) in [5.74, 6) is -2.59. The van der Waals surface area contributed by atoms with Gasteiger partial charge in [-0.2, -0.15) is 0 Å². The molecule has 4 nitrogen and oxygen atoms in total. The normalized spacial score (nSPS) is 11.8. The predicted molar refractivity (Wildman–Crippen MR) is 79.2 cm³/mol. The molecular formula is C14H10ClF2NO3S. The molecule has 1 atom stereocenters. The van der Waals surface area contributed by atoms with E-state index in [1.807, 2.05) is 0 Å². The van der Waals surface area contributed by atoms with Crippen molar-refractivity contribution >= 4 is 34.2 Å². The van der Waals surface area contributed by atoms with Gasteiger partial charge in [-0.25, -0.2) is 17.8 Å². The largest absolute Gasteiger partial charge is 0.465 e. The van der Waals surface area contributed by atoms with Gasteiger partial charge < -0.3 is 4.74 Å². The van der Waals surface area contributed by atoms with Crippen LogP contribution in [0.4, 0.5) is 14.5 Å². The van der Waals surface area contributed by atoms with Gasteiger partial charge in [0.05, 0.1) is 23.4 Å². The smallest absolute Gasteiger partial charge is 0.339 e. The molecular weight excluding hydrogens is 336 g/mol. The Bertz CT molecular complexity index is 735. The van der Waals surface area contributed by atoms with Crippen molar-refractivity contribution in [1.29, 1.82) is 0 Å². The third-order valence-corrected chi connectivity index (χ3v) is 4.28. The molecule has 116 valence electrons. The summed E-state index contributed by atoms with van der Waals surface area (Å²) in [6.07, 6.45) is 0. The van der Waals surface area contributed by atoms with E-state index >= 15 is 0 Å². The first-order valence-electron chi connectivity index (χ1n) is 5.95. The minimum absolute atomic E-state index is 0.0418. The van der Waals surface area contributed by atoms with Crippen LogP contribution in [-0.2, 0) is 15.7 Å². The standard InChI is InChI=1S/C14H10ClF2NO3S/c1-21-14(19)8-4-2-7-11(12(8)15)18-22(20)13-9(16)5-3-6-10(13)17/h2-7,18H,1H3. The van der Waals surface area contributed by atoms with Crippen molar-refractivity contribution in [3.05, 3.63) is 58.6 Å². The van der Waals surface area contributed by atoms with E-state index in [0.717, 1.165) is 18.2 Å². The molecule has 0 aromatic heterocycles. The third-order valence-electron chi connectivity index (χ3n) is 2.71. The van der Waals surface area contributed by atoms with Crippen LogP contribution < -0.4 is 4.72 Å². The number of nitrogens with one attached hydrogen (secondary N) is 1. The Morgan fingerprint density at radius 3 is 2.36 bits per heavy atom. The number of carbonyl (C=O) groups is 1. The summed E-state index contributed by atoms with van der Waals surface area (Å²) >= 11 is 6.01. The second-order valence-corrected chi connectivity index (χ2v) is 5.61. The number of rotatable bonds is 4. The van der Waals surface area contributed by atoms with Crippen LogP contribution in [0, 0.1) is 11.6 Å². The lowest BCUT2D eigenvalue weighted by Crippen LogP contribution is -2.11. The number of anilines is 1. The first kappa shape index (κ1) is 16.4. The minimum Gasteiger partial charge on any atom is -0.465 e. The molecule has 0 spiro atoms. The Hall–Kier alpha value is -1.99. The minimum atomic E-state index is -2.23. The van der Waals surface area contributed by atoms with Gasteiger partial charge in [-0.3, -0.25) is 4.72 Å². The molecule has 0 saturated heterocycles. The van der Waals surface area contributed by atoms with Crippen LogP contribution in [0.2, 0.25) is 5.02 Å². The van der Waals surface area contributed by atoms with Crippen molar-refractivity contribution < 1.29 is 22.5 Å². The summed E-state index contributed by atoms with van der Waals surface area (Å²) in [7, 11) is -1.04. The molecule has 0 aliphatic heterocycles. The highest BCUT2D eigenvalue weighted by atomic mass is 35.5.